The minimum absolute atomic E-state index is 0.127. The van der Waals surface area contributed by atoms with Crippen molar-refractivity contribution in [2.75, 3.05) is 48.3 Å². The molecule has 0 bridgehead atoms. The fraction of sp³-hybridized carbons (Fsp3) is 0.304. The van der Waals surface area contributed by atoms with E-state index in [1.54, 1.807) is 28.6 Å². The molecule has 0 spiro atoms. The Morgan fingerprint density at radius 2 is 1.85 bits per heavy atom. The summed E-state index contributed by atoms with van der Waals surface area (Å²) in [6, 6.07) is 12.8. The molecule has 0 saturated carbocycles. The standard InChI is InChI=1S/C23H26N6O3S/c1-2-32-19-8-6-17(7-9-19)25-21(30)15-18-16-33-22(26-18)27-23(31)29-13-11-28(12-14-29)20-5-3-4-10-24-20/h3-10,16H,2,11-15H2,1H3,(H,25,30)(H,26,27,31). The van der Waals surface area contributed by atoms with Gasteiger partial charge in [-0.3, -0.25) is 10.1 Å². The molecule has 3 amide bonds. The number of aromatic nitrogens is 2. The highest BCUT2D eigenvalue weighted by molar-refractivity contribution is 7.13. The number of carbonyl (C=O) groups is 2. The lowest BCUT2D eigenvalue weighted by atomic mass is 10.2. The van der Waals surface area contributed by atoms with Gasteiger partial charge < -0.3 is 19.9 Å². The Bertz CT molecular complexity index is 1070. The van der Waals surface area contributed by atoms with Crippen molar-refractivity contribution >= 4 is 39.9 Å². The van der Waals surface area contributed by atoms with Crippen molar-refractivity contribution in [3.05, 3.63) is 59.7 Å². The van der Waals surface area contributed by atoms with E-state index in [4.69, 9.17) is 4.74 Å². The van der Waals surface area contributed by atoms with Crippen LogP contribution in [0.2, 0.25) is 0 Å². The van der Waals surface area contributed by atoms with E-state index in [0.29, 0.717) is 36.2 Å². The third-order valence-corrected chi connectivity index (χ3v) is 5.90. The zero-order valence-electron chi connectivity index (χ0n) is 18.4. The minimum Gasteiger partial charge on any atom is -0.494 e. The summed E-state index contributed by atoms with van der Waals surface area (Å²) in [6.45, 7) is 5.16. The number of nitrogens with one attached hydrogen (secondary N) is 2. The van der Waals surface area contributed by atoms with Gasteiger partial charge in [0, 0.05) is 43.4 Å². The Hall–Kier alpha value is -3.66. The minimum atomic E-state index is -0.185. The van der Waals surface area contributed by atoms with Crippen LogP contribution in [0.4, 0.5) is 21.4 Å². The molecule has 0 atom stereocenters. The maximum atomic E-state index is 12.6. The van der Waals surface area contributed by atoms with Crippen LogP contribution < -0.4 is 20.3 Å². The first-order chi connectivity index (χ1) is 16.1. The van der Waals surface area contributed by atoms with Crippen LogP contribution in [-0.4, -0.2) is 59.6 Å². The summed E-state index contributed by atoms with van der Waals surface area (Å²) in [4.78, 5) is 37.6. The van der Waals surface area contributed by atoms with Gasteiger partial charge in [-0.05, 0) is 43.3 Å². The molecule has 3 heterocycles. The number of carbonyl (C=O) groups excluding carboxylic acids is 2. The number of amides is 3. The Labute approximate surface area is 196 Å². The van der Waals surface area contributed by atoms with Gasteiger partial charge in [0.1, 0.15) is 11.6 Å². The number of nitrogens with zero attached hydrogens (tertiary/aromatic N) is 4. The maximum absolute atomic E-state index is 12.6. The summed E-state index contributed by atoms with van der Waals surface area (Å²) in [5.41, 5.74) is 1.30. The van der Waals surface area contributed by atoms with E-state index in [1.165, 1.54) is 11.3 Å². The number of urea groups is 1. The van der Waals surface area contributed by atoms with E-state index in [-0.39, 0.29) is 18.4 Å². The second-order valence-electron chi connectivity index (χ2n) is 7.42. The number of rotatable bonds is 7. The van der Waals surface area contributed by atoms with Crippen LogP contribution in [0, 0.1) is 0 Å². The second-order valence-corrected chi connectivity index (χ2v) is 8.28. The molecule has 10 heteroatoms. The van der Waals surface area contributed by atoms with E-state index in [0.717, 1.165) is 24.7 Å². The quantitative estimate of drug-likeness (QED) is 0.553. The smallest absolute Gasteiger partial charge is 0.323 e. The van der Waals surface area contributed by atoms with Gasteiger partial charge in [-0.2, -0.15) is 0 Å². The summed E-state index contributed by atoms with van der Waals surface area (Å²) in [5, 5.41) is 7.95. The molecule has 1 aliphatic rings. The van der Waals surface area contributed by atoms with Crippen molar-refractivity contribution in [1.29, 1.82) is 0 Å². The van der Waals surface area contributed by atoms with Crippen LogP contribution in [0.1, 0.15) is 12.6 Å². The molecular weight excluding hydrogens is 440 g/mol. The third-order valence-electron chi connectivity index (χ3n) is 5.10. The Kier molecular flexibility index (Phi) is 7.36. The average molecular weight is 467 g/mol. The molecule has 0 radical (unpaired) electrons. The normalized spacial score (nSPS) is 13.5. The zero-order valence-corrected chi connectivity index (χ0v) is 19.2. The van der Waals surface area contributed by atoms with Crippen molar-refractivity contribution < 1.29 is 14.3 Å². The lowest BCUT2D eigenvalue weighted by Gasteiger charge is -2.35. The molecule has 1 aliphatic heterocycles. The molecule has 1 aromatic carbocycles. The van der Waals surface area contributed by atoms with Crippen LogP contribution in [-0.2, 0) is 11.2 Å². The van der Waals surface area contributed by atoms with Crippen molar-refractivity contribution in [1.82, 2.24) is 14.9 Å². The molecule has 1 saturated heterocycles. The molecule has 2 aromatic heterocycles. The fourth-order valence-corrected chi connectivity index (χ4v) is 4.17. The van der Waals surface area contributed by atoms with Crippen LogP contribution in [0.3, 0.4) is 0 Å². The van der Waals surface area contributed by atoms with Gasteiger partial charge in [0.05, 0.1) is 18.7 Å². The van der Waals surface area contributed by atoms with E-state index in [1.807, 2.05) is 37.3 Å². The Balaban J connectivity index is 1.23. The molecule has 1 fully saturated rings. The number of piperazine rings is 1. The predicted molar refractivity (Wildman–Crippen MR) is 129 cm³/mol. The number of ether oxygens (including phenoxy) is 1. The lowest BCUT2D eigenvalue weighted by Crippen LogP contribution is -2.50. The van der Waals surface area contributed by atoms with Crippen LogP contribution in [0.15, 0.2) is 54.0 Å². The van der Waals surface area contributed by atoms with Gasteiger partial charge in [-0.15, -0.1) is 11.3 Å². The largest absolute Gasteiger partial charge is 0.494 e. The Morgan fingerprint density at radius 1 is 1.06 bits per heavy atom. The maximum Gasteiger partial charge on any atom is 0.323 e. The van der Waals surface area contributed by atoms with E-state index in [2.05, 4.69) is 25.5 Å². The highest BCUT2D eigenvalue weighted by atomic mass is 32.1. The second kappa shape index (κ2) is 10.8. The molecule has 0 aliphatic carbocycles. The van der Waals surface area contributed by atoms with Gasteiger partial charge in [-0.25, -0.2) is 14.8 Å². The molecule has 172 valence electrons. The van der Waals surface area contributed by atoms with Crippen LogP contribution in [0.5, 0.6) is 5.75 Å². The Morgan fingerprint density at radius 3 is 2.55 bits per heavy atom. The van der Waals surface area contributed by atoms with Gasteiger partial charge >= 0.3 is 6.03 Å². The SMILES string of the molecule is CCOc1ccc(NC(=O)Cc2csc(NC(=O)N3CCN(c4ccccn4)CC3)n2)cc1. The number of hydrogen-bond donors (Lipinski definition) is 2. The van der Waals surface area contributed by atoms with Crippen LogP contribution >= 0.6 is 11.3 Å². The number of benzene rings is 1. The molecule has 2 N–H and O–H groups in total. The van der Waals surface area contributed by atoms with Gasteiger partial charge in [-0.1, -0.05) is 6.07 Å². The molecule has 0 unspecified atom stereocenters. The molecule has 9 nitrogen and oxygen atoms in total. The van der Waals surface area contributed by atoms with E-state index >= 15 is 0 Å². The van der Waals surface area contributed by atoms with Gasteiger partial charge in [0.25, 0.3) is 0 Å². The topological polar surface area (TPSA) is 99.7 Å². The average Bonchev–Trinajstić information content (AvgIpc) is 3.27. The summed E-state index contributed by atoms with van der Waals surface area (Å²) >= 11 is 1.31. The lowest BCUT2D eigenvalue weighted by molar-refractivity contribution is -0.115. The molecule has 33 heavy (non-hydrogen) atoms. The summed E-state index contributed by atoms with van der Waals surface area (Å²) in [7, 11) is 0. The van der Waals surface area contributed by atoms with Gasteiger partial charge in [0.15, 0.2) is 5.13 Å². The van der Waals surface area contributed by atoms with Crippen LogP contribution in [0.25, 0.3) is 0 Å². The summed E-state index contributed by atoms with van der Waals surface area (Å²) in [6.07, 6.45) is 1.90. The number of hydrogen-bond acceptors (Lipinski definition) is 7. The van der Waals surface area contributed by atoms with E-state index < -0.39 is 0 Å². The highest BCUT2D eigenvalue weighted by Crippen LogP contribution is 2.19. The monoisotopic (exact) mass is 466 g/mol. The third kappa shape index (κ3) is 6.19. The first-order valence-electron chi connectivity index (χ1n) is 10.8. The molecule has 4 rings (SSSR count). The van der Waals surface area contributed by atoms with Gasteiger partial charge in [0.2, 0.25) is 5.91 Å². The van der Waals surface area contributed by atoms with E-state index in [9.17, 15) is 9.59 Å². The number of pyridine rings is 1. The fourth-order valence-electron chi connectivity index (χ4n) is 3.47. The van der Waals surface area contributed by atoms with Crippen molar-refractivity contribution in [3.63, 3.8) is 0 Å². The molecule has 3 aromatic rings. The molecular formula is C23H26N6O3S. The van der Waals surface area contributed by atoms with Crippen molar-refractivity contribution in [2.24, 2.45) is 0 Å². The number of thiazole rings is 1. The number of anilines is 3. The first kappa shape index (κ1) is 22.5. The van der Waals surface area contributed by atoms with Crippen molar-refractivity contribution in [2.45, 2.75) is 13.3 Å². The summed E-state index contributed by atoms with van der Waals surface area (Å²) < 4.78 is 5.40. The zero-order chi connectivity index (χ0) is 23.0. The van der Waals surface area contributed by atoms with Crippen molar-refractivity contribution in [3.8, 4) is 5.75 Å². The highest BCUT2D eigenvalue weighted by Gasteiger charge is 2.22. The first-order valence-corrected chi connectivity index (χ1v) is 11.7. The summed E-state index contributed by atoms with van der Waals surface area (Å²) in [5.74, 6) is 1.51. The predicted octanol–water partition coefficient (Wildman–Crippen LogP) is 3.47.